The molecule has 0 saturated carbocycles. The topological polar surface area (TPSA) is 56.5 Å². The van der Waals surface area contributed by atoms with Crippen LogP contribution in [0.5, 0.6) is 0 Å². The molecule has 0 radical (unpaired) electrons. The van der Waals surface area contributed by atoms with Crippen LogP contribution in [0.1, 0.15) is 22.8 Å². The van der Waals surface area contributed by atoms with E-state index in [0.717, 1.165) is 28.1 Å². The predicted octanol–water partition coefficient (Wildman–Crippen LogP) is 2.80. The molecule has 0 aromatic carbocycles. The fraction of sp³-hybridized carbons (Fsp3) is 0.176. The summed E-state index contributed by atoms with van der Waals surface area (Å²) in [5, 5.41) is 0.732. The Hall–Kier alpha value is -2.65. The quantitative estimate of drug-likeness (QED) is 0.413. The van der Waals surface area contributed by atoms with Crippen molar-refractivity contribution in [3.8, 4) is 17.7 Å². The molecular formula is C17H15N5S. The maximum absolute atomic E-state index is 4.49. The third-order valence-corrected chi connectivity index (χ3v) is 3.72. The van der Waals surface area contributed by atoms with Gasteiger partial charge in [-0.05, 0) is 44.2 Å². The van der Waals surface area contributed by atoms with Crippen LogP contribution in [0, 0.1) is 25.7 Å². The van der Waals surface area contributed by atoms with Crippen LogP contribution < -0.4 is 0 Å². The van der Waals surface area contributed by atoms with Crippen LogP contribution in [-0.4, -0.2) is 30.8 Å². The Balaban J connectivity index is 1.92. The lowest BCUT2D eigenvalue weighted by molar-refractivity contribution is 0.865. The van der Waals surface area contributed by atoms with Gasteiger partial charge in [0.2, 0.25) is 0 Å². The highest BCUT2D eigenvalue weighted by molar-refractivity contribution is 7.98. The van der Waals surface area contributed by atoms with Gasteiger partial charge in [-0.1, -0.05) is 17.7 Å². The van der Waals surface area contributed by atoms with Crippen molar-refractivity contribution >= 4 is 11.8 Å². The van der Waals surface area contributed by atoms with E-state index < -0.39 is 0 Å². The Morgan fingerprint density at radius 1 is 1.04 bits per heavy atom. The molecule has 3 heterocycles. The number of nitrogens with zero attached hydrogens (tertiary/aromatic N) is 5. The second-order valence-electron chi connectivity index (χ2n) is 4.88. The summed E-state index contributed by atoms with van der Waals surface area (Å²) in [4.78, 5) is 17.3. The SMILES string of the molecule is CSc1nccc(-n2cc(C#Cc3ccnc(C)c3)nc2C)n1. The number of pyridine rings is 1. The number of rotatable bonds is 2. The first-order chi connectivity index (χ1) is 11.2. The highest BCUT2D eigenvalue weighted by Crippen LogP contribution is 2.13. The van der Waals surface area contributed by atoms with Gasteiger partial charge in [0.15, 0.2) is 5.16 Å². The second kappa shape index (κ2) is 6.63. The zero-order valence-electron chi connectivity index (χ0n) is 13.1. The fourth-order valence-corrected chi connectivity index (χ4v) is 2.44. The molecule has 3 rings (SSSR count). The summed E-state index contributed by atoms with van der Waals surface area (Å²) in [5.41, 5.74) is 2.58. The summed E-state index contributed by atoms with van der Waals surface area (Å²) < 4.78 is 1.92. The van der Waals surface area contributed by atoms with Gasteiger partial charge in [-0.3, -0.25) is 9.55 Å². The van der Waals surface area contributed by atoms with Crippen molar-refractivity contribution in [3.05, 3.63) is 59.6 Å². The monoisotopic (exact) mass is 321 g/mol. The normalized spacial score (nSPS) is 10.2. The molecule has 0 aliphatic rings. The van der Waals surface area contributed by atoms with Gasteiger partial charge in [0.05, 0.1) is 0 Å². The highest BCUT2D eigenvalue weighted by Gasteiger charge is 2.06. The molecule has 0 aliphatic carbocycles. The summed E-state index contributed by atoms with van der Waals surface area (Å²) >= 11 is 1.51. The molecule has 3 aromatic rings. The third kappa shape index (κ3) is 3.58. The average molecular weight is 321 g/mol. The van der Waals surface area contributed by atoms with Crippen molar-refractivity contribution in [2.75, 3.05) is 6.26 Å². The molecule has 0 atom stereocenters. The van der Waals surface area contributed by atoms with E-state index in [-0.39, 0.29) is 0 Å². The van der Waals surface area contributed by atoms with Crippen molar-refractivity contribution < 1.29 is 0 Å². The van der Waals surface area contributed by atoms with E-state index in [1.165, 1.54) is 11.8 Å². The van der Waals surface area contributed by atoms with Gasteiger partial charge in [0.1, 0.15) is 17.3 Å². The van der Waals surface area contributed by atoms with Crippen LogP contribution in [0.2, 0.25) is 0 Å². The molecule has 6 heteroatoms. The standard InChI is InChI=1S/C17H15N5S/c1-12-10-14(6-8-18-12)4-5-15-11-22(13(2)20-15)16-7-9-19-17(21-16)23-3/h6-11H,1-3H3. The van der Waals surface area contributed by atoms with E-state index in [4.69, 9.17) is 0 Å². The molecule has 0 saturated heterocycles. The number of aryl methyl sites for hydroxylation is 2. The minimum atomic E-state index is 0.710. The highest BCUT2D eigenvalue weighted by atomic mass is 32.2. The molecule has 5 nitrogen and oxygen atoms in total. The van der Waals surface area contributed by atoms with Gasteiger partial charge >= 0.3 is 0 Å². The lowest BCUT2D eigenvalue weighted by atomic mass is 10.2. The lowest BCUT2D eigenvalue weighted by Gasteiger charge is -2.03. The maximum Gasteiger partial charge on any atom is 0.189 e. The Morgan fingerprint density at radius 3 is 2.65 bits per heavy atom. The number of hydrogen-bond acceptors (Lipinski definition) is 5. The molecule has 0 N–H and O–H groups in total. The smallest absolute Gasteiger partial charge is 0.189 e. The van der Waals surface area contributed by atoms with Crippen LogP contribution in [0.15, 0.2) is 41.9 Å². The molecular weight excluding hydrogens is 306 g/mol. The molecule has 0 unspecified atom stereocenters. The number of hydrogen-bond donors (Lipinski definition) is 0. The van der Waals surface area contributed by atoms with E-state index in [2.05, 4.69) is 31.8 Å². The molecule has 0 aliphatic heterocycles. The van der Waals surface area contributed by atoms with E-state index in [9.17, 15) is 0 Å². The third-order valence-electron chi connectivity index (χ3n) is 3.16. The minimum absolute atomic E-state index is 0.710. The van der Waals surface area contributed by atoms with Crippen molar-refractivity contribution in [3.63, 3.8) is 0 Å². The fourth-order valence-electron chi connectivity index (χ4n) is 2.09. The van der Waals surface area contributed by atoms with Gasteiger partial charge in [0.25, 0.3) is 0 Å². The molecule has 0 spiro atoms. The summed E-state index contributed by atoms with van der Waals surface area (Å²) in [5.74, 6) is 7.84. The van der Waals surface area contributed by atoms with Crippen LogP contribution in [0.4, 0.5) is 0 Å². The Kier molecular flexibility index (Phi) is 4.40. The Labute approximate surface area is 139 Å². The summed E-state index contributed by atoms with van der Waals surface area (Å²) in [7, 11) is 0. The van der Waals surface area contributed by atoms with Crippen molar-refractivity contribution in [2.24, 2.45) is 0 Å². The van der Waals surface area contributed by atoms with Crippen LogP contribution in [0.25, 0.3) is 5.82 Å². The predicted molar refractivity (Wildman–Crippen MR) is 90.6 cm³/mol. The van der Waals surface area contributed by atoms with Gasteiger partial charge in [-0.15, -0.1) is 0 Å². The van der Waals surface area contributed by atoms with Crippen molar-refractivity contribution in [1.82, 2.24) is 24.5 Å². The zero-order chi connectivity index (χ0) is 16.2. The van der Waals surface area contributed by atoms with Crippen molar-refractivity contribution in [1.29, 1.82) is 0 Å². The van der Waals surface area contributed by atoms with Crippen molar-refractivity contribution in [2.45, 2.75) is 19.0 Å². The first-order valence-electron chi connectivity index (χ1n) is 7.04. The van der Waals surface area contributed by atoms with Gasteiger partial charge < -0.3 is 0 Å². The summed E-state index contributed by atoms with van der Waals surface area (Å²) in [6.45, 7) is 3.88. The first-order valence-corrected chi connectivity index (χ1v) is 8.26. The number of aromatic nitrogens is 5. The number of thioether (sulfide) groups is 1. The van der Waals surface area contributed by atoms with E-state index in [1.54, 1.807) is 12.4 Å². The van der Waals surface area contributed by atoms with E-state index in [0.29, 0.717) is 5.69 Å². The Bertz CT molecular complexity index is 905. The first kappa shape index (κ1) is 15.3. The maximum atomic E-state index is 4.49. The second-order valence-corrected chi connectivity index (χ2v) is 5.65. The van der Waals surface area contributed by atoms with Gasteiger partial charge in [0, 0.05) is 29.8 Å². The van der Waals surface area contributed by atoms with E-state index in [1.807, 2.05) is 49.1 Å². The zero-order valence-corrected chi connectivity index (χ0v) is 13.9. The Morgan fingerprint density at radius 2 is 1.87 bits per heavy atom. The summed E-state index contributed by atoms with van der Waals surface area (Å²) in [6.07, 6.45) is 7.35. The molecule has 23 heavy (non-hydrogen) atoms. The van der Waals surface area contributed by atoms with Crippen LogP contribution >= 0.6 is 11.8 Å². The average Bonchev–Trinajstić information content (AvgIpc) is 2.94. The summed E-state index contributed by atoms with van der Waals surface area (Å²) in [6, 6.07) is 5.70. The van der Waals surface area contributed by atoms with Crippen LogP contribution in [-0.2, 0) is 0 Å². The molecule has 3 aromatic heterocycles. The van der Waals surface area contributed by atoms with Crippen LogP contribution in [0.3, 0.4) is 0 Å². The van der Waals surface area contributed by atoms with Gasteiger partial charge in [-0.25, -0.2) is 15.0 Å². The minimum Gasteiger partial charge on any atom is -0.287 e. The number of imidazole rings is 1. The van der Waals surface area contributed by atoms with E-state index >= 15 is 0 Å². The lowest BCUT2D eigenvalue weighted by Crippen LogP contribution is -2.00. The largest absolute Gasteiger partial charge is 0.287 e. The molecule has 0 fully saturated rings. The molecule has 114 valence electrons. The van der Waals surface area contributed by atoms with Gasteiger partial charge in [-0.2, -0.15) is 0 Å². The molecule has 0 amide bonds. The molecule has 0 bridgehead atoms.